The van der Waals surface area contributed by atoms with Crippen molar-refractivity contribution >= 4 is 18.2 Å². The molecule has 0 aromatic carbocycles. The van der Waals surface area contributed by atoms with Crippen molar-refractivity contribution in [2.45, 2.75) is 45.8 Å². The lowest BCUT2D eigenvalue weighted by molar-refractivity contribution is -0.684. The molecule has 35 heavy (non-hydrogen) atoms. The van der Waals surface area contributed by atoms with Gasteiger partial charge < -0.3 is 51.8 Å². The molecule has 0 bridgehead atoms. The summed E-state index contributed by atoms with van der Waals surface area (Å²) >= 11 is 0. The van der Waals surface area contributed by atoms with E-state index in [2.05, 4.69) is 15.8 Å². The third-order valence-corrected chi connectivity index (χ3v) is 4.12. The van der Waals surface area contributed by atoms with Crippen LogP contribution in [0.1, 0.15) is 39.2 Å². The number of hydrogen-bond acceptors (Lipinski definition) is 8. The average molecular weight is 563 g/mol. The highest BCUT2D eigenvalue weighted by Gasteiger charge is 2.15. The highest BCUT2D eigenvalue weighted by Crippen LogP contribution is 2.06. The minimum Gasteiger partial charge on any atom is -1.00 e. The van der Waals surface area contributed by atoms with Gasteiger partial charge in [0.2, 0.25) is 6.54 Å². The zero-order valence-electron chi connectivity index (χ0n) is 20.8. The quantitative estimate of drug-likeness (QED) is 0.0674. The number of hydrogen-bond donors (Lipinski definition) is 3. The summed E-state index contributed by atoms with van der Waals surface area (Å²) in [5, 5.41) is 17.0. The van der Waals surface area contributed by atoms with Crippen LogP contribution in [0, 0.1) is 0 Å². The molecule has 200 valence electrons. The second kappa shape index (κ2) is 20.0. The van der Waals surface area contributed by atoms with Crippen LogP contribution in [0.2, 0.25) is 0 Å². The zero-order valence-corrected chi connectivity index (χ0v) is 22.4. The molecule has 0 atom stereocenters. The maximum Gasteiger partial charge on any atom is 0.407 e. The molecule has 2 amide bonds. The number of carbonyl (C=O) groups excluding carboxylic acids is 2. The molecule has 0 unspecified atom stereocenters. The van der Waals surface area contributed by atoms with Crippen molar-refractivity contribution in [3.8, 4) is 0 Å². The Labute approximate surface area is 217 Å². The first-order chi connectivity index (χ1) is 16.3. The first kappa shape index (κ1) is 32.7. The number of nitrogens with one attached hydrogen (secondary N) is 2. The Morgan fingerprint density at radius 2 is 1.46 bits per heavy atom. The lowest BCUT2D eigenvalue weighted by Gasteiger charge is -2.19. The third kappa shape index (κ3) is 19.7. The smallest absolute Gasteiger partial charge is 0.407 e. The van der Waals surface area contributed by atoms with Gasteiger partial charge in [0.1, 0.15) is 5.60 Å². The van der Waals surface area contributed by atoms with Crippen molar-refractivity contribution in [1.82, 2.24) is 10.6 Å². The standard InChI is InChI=1S/C23H38N4O7.BrH/c1-23(2,3)34-22(29)25-9-5-13-32-15-17-33-16-14-31-12-4-8-24-21(28)19-27-10-6-20(7-11-27)18-26-30;/h6-7,10-11,18H,4-5,8-9,12-17,19H2,1-3H3,(H2,24,25,28,29);1H. The van der Waals surface area contributed by atoms with Gasteiger partial charge in [-0.1, -0.05) is 5.16 Å². The van der Waals surface area contributed by atoms with Crippen LogP contribution in [-0.2, 0) is 30.3 Å². The Balaban J connectivity index is 0.0000116. The molecule has 0 saturated heterocycles. The zero-order chi connectivity index (χ0) is 25.1. The van der Waals surface area contributed by atoms with Gasteiger partial charge in [0, 0.05) is 44.0 Å². The Kier molecular flexibility index (Phi) is 18.7. The number of rotatable bonds is 17. The largest absolute Gasteiger partial charge is 1.00 e. The van der Waals surface area contributed by atoms with E-state index < -0.39 is 11.7 Å². The molecule has 0 aliphatic heterocycles. The molecule has 0 spiro atoms. The van der Waals surface area contributed by atoms with Crippen molar-refractivity contribution in [1.29, 1.82) is 0 Å². The van der Waals surface area contributed by atoms with E-state index in [0.29, 0.717) is 65.6 Å². The number of nitrogens with zero attached hydrogens (tertiary/aromatic N) is 2. The number of carbonyl (C=O) groups is 2. The molecule has 0 fully saturated rings. The third-order valence-electron chi connectivity index (χ3n) is 4.12. The van der Waals surface area contributed by atoms with E-state index in [0.717, 1.165) is 5.56 Å². The number of pyridine rings is 1. The van der Waals surface area contributed by atoms with Gasteiger partial charge in [0.15, 0.2) is 12.4 Å². The van der Waals surface area contributed by atoms with Crippen LogP contribution in [0.5, 0.6) is 0 Å². The second-order valence-corrected chi connectivity index (χ2v) is 8.37. The SMILES string of the molecule is CC(C)(C)OC(=O)NCCCOCCOCCOCCCNC(=O)C[n+]1ccc(/C=N/O)cc1.[Br-]. The maximum atomic E-state index is 11.9. The van der Waals surface area contributed by atoms with Gasteiger partial charge >= 0.3 is 6.09 Å². The average Bonchev–Trinajstić information content (AvgIpc) is 2.76. The van der Waals surface area contributed by atoms with Gasteiger partial charge in [0.05, 0.1) is 32.6 Å². The van der Waals surface area contributed by atoms with Crippen LogP contribution in [0.15, 0.2) is 29.7 Å². The van der Waals surface area contributed by atoms with E-state index in [4.69, 9.17) is 24.2 Å². The number of alkyl carbamates (subject to hydrolysis) is 1. The second-order valence-electron chi connectivity index (χ2n) is 8.37. The van der Waals surface area contributed by atoms with Crippen molar-refractivity contribution < 1.29 is 55.3 Å². The topological polar surface area (TPSA) is 132 Å². The molecule has 1 heterocycles. The molecule has 0 radical (unpaired) electrons. The van der Waals surface area contributed by atoms with E-state index in [1.54, 1.807) is 29.1 Å². The van der Waals surface area contributed by atoms with Crippen LogP contribution < -0.4 is 32.2 Å². The summed E-state index contributed by atoms with van der Waals surface area (Å²) in [6, 6.07) is 3.50. The predicted molar refractivity (Wildman–Crippen MR) is 125 cm³/mol. The molecule has 0 aliphatic carbocycles. The predicted octanol–water partition coefficient (Wildman–Crippen LogP) is -1.74. The first-order valence-corrected chi connectivity index (χ1v) is 11.4. The molecular weight excluding hydrogens is 524 g/mol. The Hall–Kier alpha value is -2.28. The lowest BCUT2D eigenvalue weighted by Crippen LogP contribution is -3.00. The van der Waals surface area contributed by atoms with E-state index in [9.17, 15) is 9.59 Å². The summed E-state index contributed by atoms with van der Waals surface area (Å²) in [6.45, 7) is 9.69. The number of halogens is 1. The molecule has 1 rings (SSSR count). The van der Waals surface area contributed by atoms with Gasteiger partial charge in [-0.2, -0.15) is 4.57 Å². The van der Waals surface area contributed by atoms with E-state index >= 15 is 0 Å². The van der Waals surface area contributed by atoms with Crippen LogP contribution >= 0.6 is 0 Å². The van der Waals surface area contributed by atoms with Crippen LogP contribution in [-0.4, -0.2) is 81.8 Å². The fraction of sp³-hybridized carbons (Fsp3) is 0.652. The number of oxime groups is 1. The maximum absolute atomic E-state index is 11.9. The summed E-state index contributed by atoms with van der Waals surface area (Å²) in [4.78, 5) is 23.4. The van der Waals surface area contributed by atoms with Crippen molar-refractivity contribution in [3.05, 3.63) is 30.1 Å². The molecule has 0 saturated carbocycles. The number of aromatic nitrogens is 1. The van der Waals surface area contributed by atoms with Gasteiger partial charge in [-0.15, -0.1) is 0 Å². The Morgan fingerprint density at radius 3 is 1.97 bits per heavy atom. The number of amides is 2. The molecule has 1 aromatic rings. The first-order valence-electron chi connectivity index (χ1n) is 11.4. The van der Waals surface area contributed by atoms with E-state index in [-0.39, 0.29) is 29.4 Å². The fourth-order valence-electron chi connectivity index (χ4n) is 2.57. The summed E-state index contributed by atoms with van der Waals surface area (Å²) in [5.74, 6) is -0.0856. The summed E-state index contributed by atoms with van der Waals surface area (Å²) < 4.78 is 23.2. The molecule has 1 aromatic heterocycles. The van der Waals surface area contributed by atoms with Crippen LogP contribution in [0.4, 0.5) is 4.79 Å². The Bertz CT molecular complexity index is 728. The Morgan fingerprint density at radius 1 is 0.943 bits per heavy atom. The van der Waals surface area contributed by atoms with Gasteiger partial charge in [0.25, 0.3) is 5.91 Å². The molecule has 0 aliphatic rings. The van der Waals surface area contributed by atoms with Crippen LogP contribution in [0.3, 0.4) is 0 Å². The highest BCUT2D eigenvalue weighted by atomic mass is 79.9. The van der Waals surface area contributed by atoms with Gasteiger partial charge in [-0.05, 0) is 33.6 Å². The number of ether oxygens (including phenoxy) is 4. The molecule has 12 heteroatoms. The van der Waals surface area contributed by atoms with Gasteiger partial charge in [-0.25, -0.2) is 4.79 Å². The monoisotopic (exact) mass is 562 g/mol. The van der Waals surface area contributed by atoms with Crippen molar-refractivity contribution in [2.24, 2.45) is 5.16 Å². The molecular formula is C23H39BrN4O7. The van der Waals surface area contributed by atoms with E-state index in [1.807, 2.05) is 20.8 Å². The molecule has 11 nitrogen and oxygen atoms in total. The fourth-order valence-corrected chi connectivity index (χ4v) is 2.57. The van der Waals surface area contributed by atoms with E-state index in [1.165, 1.54) is 6.21 Å². The van der Waals surface area contributed by atoms with Crippen LogP contribution in [0.25, 0.3) is 0 Å². The highest BCUT2D eigenvalue weighted by molar-refractivity contribution is 5.78. The molecule has 3 N–H and O–H groups in total. The van der Waals surface area contributed by atoms with Gasteiger partial charge in [-0.3, -0.25) is 4.79 Å². The summed E-state index contributed by atoms with van der Waals surface area (Å²) in [5.41, 5.74) is 0.251. The van der Waals surface area contributed by atoms with Crippen molar-refractivity contribution in [3.63, 3.8) is 0 Å². The minimum absolute atomic E-state index is 0. The normalized spacial score (nSPS) is 11.2. The summed E-state index contributed by atoms with van der Waals surface area (Å²) in [6.07, 6.45) is 5.80. The lowest BCUT2D eigenvalue weighted by atomic mass is 10.2. The van der Waals surface area contributed by atoms with Crippen molar-refractivity contribution in [2.75, 3.05) is 52.7 Å². The minimum atomic E-state index is -0.497. The summed E-state index contributed by atoms with van der Waals surface area (Å²) in [7, 11) is 0.